The third kappa shape index (κ3) is 4.08. The highest BCUT2D eigenvalue weighted by molar-refractivity contribution is 7.98. The summed E-state index contributed by atoms with van der Waals surface area (Å²) in [5.41, 5.74) is 0. The number of hydrogen-bond donors (Lipinski definition) is 1. The van der Waals surface area contributed by atoms with Gasteiger partial charge in [-0.1, -0.05) is 0 Å². The van der Waals surface area contributed by atoms with Crippen LogP contribution in [0.2, 0.25) is 0 Å². The van der Waals surface area contributed by atoms with E-state index in [9.17, 15) is 18.0 Å². The Kier molecular flexibility index (Phi) is 5.63. The maximum atomic E-state index is 11.8. The molecule has 1 heterocycles. The molecule has 0 bridgehead atoms. The number of hydrogen-bond acceptors (Lipinski definition) is 6. The number of methoxy groups -OCH3 is 1. The lowest BCUT2D eigenvalue weighted by atomic mass is 10.2. The minimum atomic E-state index is -3.77. The second-order valence-electron chi connectivity index (χ2n) is 4.28. The lowest BCUT2D eigenvalue weighted by Crippen LogP contribution is -2.44. The van der Waals surface area contributed by atoms with E-state index in [-0.39, 0.29) is 18.9 Å². The van der Waals surface area contributed by atoms with E-state index in [1.54, 1.807) is 0 Å². The molecule has 19 heavy (non-hydrogen) atoms. The highest BCUT2D eigenvalue weighted by Gasteiger charge is 2.42. The van der Waals surface area contributed by atoms with E-state index in [2.05, 4.69) is 4.74 Å². The lowest BCUT2D eigenvalue weighted by molar-refractivity contribution is -0.151. The summed E-state index contributed by atoms with van der Waals surface area (Å²) in [7, 11) is -2.53. The van der Waals surface area contributed by atoms with Crippen molar-refractivity contribution in [1.82, 2.24) is 4.90 Å². The van der Waals surface area contributed by atoms with Crippen molar-refractivity contribution in [2.45, 2.75) is 24.1 Å². The summed E-state index contributed by atoms with van der Waals surface area (Å²) in [6.07, 6.45) is 2.13. The smallest absolute Gasteiger partial charge is 0.328 e. The Morgan fingerprint density at radius 3 is 2.68 bits per heavy atom. The van der Waals surface area contributed by atoms with E-state index in [0.29, 0.717) is 12.2 Å². The average molecular weight is 310 g/mol. The molecule has 0 spiro atoms. The van der Waals surface area contributed by atoms with Gasteiger partial charge in [-0.2, -0.15) is 11.8 Å². The van der Waals surface area contributed by atoms with Crippen LogP contribution in [0.25, 0.3) is 0 Å². The van der Waals surface area contributed by atoms with Crippen molar-refractivity contribution in [3.63, 3.8) is 0 Å². The number of ether oxygens (including phenoxy) is 1. The highest BCUT2D eigenvalue weighted by Crippen LogP contribution is 2.22. The van der Waals surface area contributed by atoms with Gasteiger partial charge in [-0.15, -0.1) is 0 Å². The van der Waals surface area contributed by atoms with Crippen molar-refractivity contribution in [3.8, 4) is 0 Å². The second kappa shape index (κ2) is 6.58. The van der Waals surface area contributed by atoms with Gasteiger partial charge in [0.2, 0.25) is 15.9 Å². The topological polar surface area (TPSA) is 107 Å². The van der Waals surface area contributed by atoms with E-state index in [4.69, 9.17) is 5.14 Å². The van der Waals surface area contributed by atoms with E-state index >= 15 is 0 Å². The molecule has 1 aliphatic rings. The number of thioether (sulfide) groups is 1. The van der Waals surface area contributed by atoms with Gasteiger partial charge < -0.3 is 9.64 Å². The molecular weight excluding hydrogens is 292 g/mol. The Morgan fingerprint density at radius 2 is 2.26 bits per heavy atom. The van der Waals surface area contributed by atoms with E-state index in [1.807, 2.05) is 6.26 Å². The summed E-state index contributed by atoms with van der Waals surface area (Å²) in [6.45, 7) is -0.0498. The van der Waals surface area contributed by atoms with Gasteiger partial charge in [-0.3, -0.25) is 4.79 Å². The Hall–Kier alpha value is -0.800. The molecule has 1 saturated heterocycles. The molecule has 1 fully saturated rings. The maximum Gasteiger partial charge on any atom is 0.328 e. The molecular formula is C10H18N2O5S2. The third-order valence-electron chi connectivity index (χ3n) is 3.03. The molecule has 110 valence electrons. The quantitative estimate of drug-likeness (QED) is 0.642. The van der Waals surface area contributed by atoms with Crippen molar-refractivity contribution in [2.75, 3.05) is 25.7 Å². The summed E-state index contributed by atoms with van der Waals surface area (Å²) in [6, 6.07) is -0.739. The number of nitrogens with zero attached hydrogens (tertiary/aromatic N) is 1. The number of primary sulfonamides is 1. The predicted octanol–water partition coefficient (Wildman–Crippen LogP) is -0.829. The number of carbonyl (C=O) groups excluding carboxylic acids is 2. The molecule has 0 aliphatic carbocycles. The SMILES string of the molecule is COC(=O)C(CCSC)N1CC(S(N)(=O)=O)CC1=O. The molecule has 2 N–H and O–H groups in total. The molecule has 2 atom stereocenters. The fourth-order valence-electron chi connectivity index (χ4n) is 1.99. The first-order chi connectivity index (χ1) is 8.81. The van der Waals surface area contributed by atoms with Gasteiger partial charge in [0.05, 0.1) is 7.11 Å². The van der Waals surface area contributed by atoms with Crippen molar-refractivity contribution >= 4 is 33.7 Å². The standard InChI is InChI=1S/C10H18N2O5S2/c1-17-10(14)8(3-4-18-2)12-6-7(5-9(12)13)19(11,15)16/h7-8H,3-6H2,1-2H3,(H2,11,15,16). The third-order valence-corrected chi connectivity index (χ3v) is 4.92. The molecule has 0 aromatic rings. The van der Waals surface area contributed by atoms with Crippen LogP contribution in [0.3, 0.4) is 0 Å². The zero-order valence-electron chi connectivity index (χ0n) is 10.9. The van der Waals surface area contributed by atoms with Crippen LogP contribution < -0.4 is 5.14 Å². The van der Waals surface area contributed by atoms with Crippen LogP contribution in [0.1, 0.15) is 12.8 Å². The van der Waals surface area contributed by atoms with Crippen LogP contribution in [0, 0.1) is 0 Å². The number of nitrogens with two attached hydrogens (primary N) is 1. The van der Waals surface area contributed by atoms with Gasteiger partial charge in [0.25, 0.3) is 0 Å². The van der Waals surface area contributed by atoms with Crippen LogP contribution in [-0.2, 0) is 24.3 Å². The Labute approximate surface area is 116 Å². The maximum absolute atomic E-state index is 11.8. The molecule has 0 aromatic carbocycles. The molecule has 9 heteroatoms. The Balaban J connectivity index is 2.85. The van der Waals surface area contributed by atoms with Crippen molar-refractivity contribution in [2.24, 2.45) is 5.14 Å². The molecule has 1 aliphatic heterocycles. The summed E-state index contributed by atoms with van der Waals surface area (Å²) in [5, 5.41) is 4.10. The fourth-order valence-corrected chi connectivity index (χ4v) is 3.19. The Morgan fingerprint density at radius 1 is 1.63 bits per heavy atom. The normalized spacial score (nSPS) is 21.5. The molecule has 0 radical (unpaired) electrons. The summed E-state index contributed by atoms with van der Waals surface area (Å²) in [5.74, 6) is -0.239. The minimum absolute atomic E-state index is 0.0498. The van der Waals surface area contributed by atoms with Crippen molar-refractivity contribution in [1.29, 1.82) is 0 Å². The van der Waals surface area contributed by atoms with Gasteiger partial charge in [0, 0.05) is 13.0 Å². The molecule has 0 saturated carbocycles. The van der Waals surface area contributed by atoms with Gasteiger partial charge >= 0.3 is 5.97 Å². The minimum Gasteiger partial charge on any atom is -0.467 e. The largest absolute Gasteiger partial charge is 0.467 e. The van der Waals surface area contributed by atoms with Crippen molar-refractivity contribution < 1.29 is 22.7 Å². The van der Waals surface area contributed by atoms with E-state index in [1.165, 1.54) is 23.8 Å². The van der Waals surface area contributed by atoms with Crippen LogP contribution in [0.4, 0.5) is 0 Å². The average Bonchev–Trinajstić information content (AvgIpc) is 2.71. The lowest BCUT2D eigenvalue weighted by Gasteiger charge is -2.25. The number of esters is 1. The van der Waals surface area contributed by atoms with Gasteiger partial charge in [0.1, 0.15) is 11.3 Å². The number of carbonyl (C=O) groups is 2. The molecule has 2 unspecified atom stereocenters. The second-order valence-corrected chi connectivity index (χ2v) is 7.11. The highest BCUT2D eigenvalue weighted by atomic mass is 32.2. The summed E-state index contributed by atoms with van der Waals surface area (Å²) >= 11 is 1.54. The number of likely N-dealkylation sites (tertiary alicyclic amines) is 1. The van der Waals surface area contributed by atoms with Gasteiger partial charge in [-0.25, -0.2) is 18.4 Å². The predicted molar refractivity (Wildman–Crippen MR) is 72.0 cm³/mol. The molecule has 1 rings (SSSR count). The van der Waals surface area contributed by atoms with E-state index in [0.717, 1.165) is 0 Å². The number of sulfonamides is 1. The zero-order valence-corrected chi connectivity index (χ0v) is 12.5. The summed E-state index contributed by atoms with van der Waals surface area (Å²) in [4.78, 5) is 24.8. The first kappa shape index (κ1) is 16.3. The Bertz CT molecular complexity index is 451. The number of amides is 1. The van der Waals surface area contributed by atoms with Crippen molar-refractivity contribution in [3.05, 3.63) is 0 Å². The molecule has 7 nitrogen and oxygen atoms in total. The first-order valence-electron chi connectivity index (χ1n) is 5.69. The van der Waals surface area contributed by atoms with E-state index < -0.39 is 27.3 Å². The fraction of sp³-hybridized carbons (Fsp3) is 0.800. The molecule has 0 aromatic heterocycles. The van der Waals surface area contributed by atoms with Gasteiger partial charge in [-0.05, 0) is 18.4 Å². The van der Waals surface area contributed by atoms with Crippen LogP contribution >= 0.6 is 11.8 Å². The summed E-state index contributed by atoms with van der Waals surface area (Å²) < 4.78 is 27.2. The number of rotatable bonds is 6. The van der Waals surface area contributed by atoms with Crippen LogP contribution in [0.5, 0.6) is 0 Å². The van der Waals surface area contributed by atoms with Crippen LogP contribution in [-0.4, -0.2) is 62.1 Å². The van der Waals surface area contributed by atoms with Crippen LogP contribution in [0.15, 0.2) is 0 Å². The van der Waals surface area contributed by atoms with Gasteiger partial charge in [0.15, 0.2) is 0 Å². The first-order valence-corrected chi connectivity index (χ1v) is 8.69. The monoisotopic (exact) mass is 310 g/mol. The zero-order chi connectivity index (χ0) is 14.6. The molecule has 1 amide bonds.